The molecule has 1 aromatic carbocycles. The largest absolute Gasteiger partial charge is 0.466 e. The monoisotopic (exact) mass is 1010 g/mol. The number of para-hydroxylation sites is 1. The number of unbranched alkanes of at least 4 members (excludes halogenated alkanes) is 15. The maximum Gasteiger partial charge on any atom is 0.335 e. The fourth-order valence-electron chi connectivity index (χ4n) is 4.59. The van der Waals surface area contributed by atoms with Gasteiger partial charge in [0.2, 0.25) is 0 Å². The molecule has 0 atom stereocenters. The van der Waals surface area contributed by atoms with E-state index in [1.54, 1.807) is 52.0 Å². The number of benzene rings is 1. The first kappa shape index (κ1) is 77.2. The van der Waals surface area contributed by atoms with Crippen molar-refractivity contribution in [3.63, 3.8) is 0 Å². The summed E-state index contributed by atoms with van der Waals surface area (Å²) in [6.07, 6.45) is 28.1. The second-order valence-electron chi connectivity index (χ2n) is 15.1. The number of rotatable bonds is 31. The molecule has 72 heavy (non-hydrogen) atoms. The molecule has 1 rings (SSSR count). The molecule has 0 amide bonds. The van der Waals surface area contributed by atoms with Crippen molar-refractivity contribution in [3.8, 4) is 5.75 Å². The van der Waals surface area contributed by atoms with Crippen LogP contribution in [0.2, 0.25) is 0 Å². The summed E-state index contributed by atoms with van der Waals surface area (Å²) in [4.78, 5) is 73.0. The van der Waals surface area contributed by atoms with E-state index in [0.29, 0.717) is 49.9 Å². The highest BCUT2D eigenvalue weighted by atomic mass is 16.6. The number of ether oxygens (including phenoxy) is 7. The Bertz CT molecular complexity index is 1590. The van der Waals surface area contributed by atoms with Crippen molar-refractivity contribution < 1.29 is 66.7 Å². The number of hydrogen-bond acceptors (Lipinski definition) is 14. The van der Waals surface area contributed by atoms with E-state index >= 15 is 0 Å². The molecule has 14 heteroatoms. The van der Waals surface area contributed by atoms with E-state index in [-0.39, 0.29) is 35.8 Å². The van der Waals surface area contributed by atoms with Crippen LogP contribution in [0.15, 0.2) is 118 Å². The third-order valence-electron chi connectivity index (χ3n) is 8.47. The van der Waals surface area contributed by atoms with Crippen LogP contribution in [0, 0.1) is 0 Å². The van der Waals surface area contributed by atoms with Crippen LogP contribution in [0.5, 0.6) is 5.75 Å². The Morgan fingerprint density at radius 3 is 0.958 bits per heavy atom. The minimum absolute atomic E-state index is 0.305. The smallest absolute Gasteiger partial charge is 0.335 e. The van der Waals surface area contributed by atoms with Gasteiger partial charge in [-0.15, -0.1) is 0 Å². The van der Waals surface area contributed by atoms with Gasteiger partial charge in [-0.2, -0.15) is 0 Å². The fourth-order valence-corrected chi connectivity index (χ4v) is 4.59. The molecule has 0 aromatic heterocycles. The van der Waals surface area contributed by atoms with E-state index in [0.717, 1.165) is 44.3 Å². The van der Waals surface area contributed by atoms with Gasteiger partial charge in [0.05, 0.1) is 40.1 Å². The molecule has 0 aliphatic carbocycles. The first-order chi connectivity index (χ1) is 34.4. The zero-order valence-electron chi connectivity index (χ0n) is 45.7. The first-order valence-electron chi connectivity index (χ1n) is 25.1. The van der Waals surface area contributed by atoms with Crippen LogP contribution in [0.4, 0.5) is 0 Å². The summed E-state index contributed by atoms with van der Waals surface area (Å²) in [5, 5.41) is 0. The Kier molecular flexibility index (Phi) is 69.3. The minimum Gasteiger partial charge on any atom is -0.466 e. The molecular formula is C58H94O14. The van der Waals surface area contributed by atoms with Crippen molar-refractivity contribution >= 4 is 41.8 Å². The molecule has 0 fully saturated rings. The molecule has 0 bridgehead atoms. The minimum atomic E-state index is -0.434. The lowest BCUT2D eigenvalue weighted by Gasteiger charge is -2.03. The topological polar surface area (TPSA) is 184 Å². The quantitative estimate of drug-likeness (QED) is 0.0225. The van der Waals surface area contributed by atoms with E-state index in [1.807, 2.05) is 13.0 Å². The fraction of sp³-hybridized carbons (Fsp3) is 0.534. The Hall–Kier alpha value is -6.31. The molecule has 0 N–H and O–H groups in total. The lowest BCUT2D eigenvalue weighted by Crippen LogP contribution is -2.03. The van der Waals surface area contributed by atoms with Crippen molar-refractivity contribution in [3.05, 3.63) is 118 Å². The van der Waals surface area contributed by atoms with Crippen molar-refractivity contribution in [2.45, 2.75) is 164 Å². The van der Waals surface area contributed by atoms with Gasteiger partial charge in [-0.05, 0) is 59.1 Å². The van der Waals surface area contributed by atoms with E-state index < -0.39 is 5.97 Å². The van der Waals surface area contributed by atoms with Crippen molar-refractivity contribution in [1.82, 2.24) is 0 Å². The maximum atomic E-state index is 10.7. The van der Waals surface area contributed by atoms with Crippen LogP contribution in [0.3, 0.4) is 0 Å². The summed E-state index contributed by atoms with van der Waals surface area (Å²) in [5.41, 5.74) is 0.884. The van der Waals surface area contributed by atoms with E-state index in [4.69, 9.17) is 14.2 Å². The van der Waals surface area contributed by atoms with Gasteiger partial charge >= 0.3 is 41.8 Å². The van der Waals surface area contributed by atoms with E-state index in [1.165, 1.54) is 109 Å². The molecule has 0 spiro atoms. The van der Waals surface area contributed by atoms with Crippen LogP contribution < -0.4 is 4.74 Å². The second kappa shape index (κ2) is 64.7. The van der Waals surface area contributed by atoms with Gasteiger partial charge in [0.1, 0.15) is 5.75 Å². The van der Waals surface area contributed by atoms with Crippen molar-refractivity contribution in [2.24, 2.45) is 0 Å². The van der Waals surface area contributed by atoms with Crippen LogP contribution in [-0.2, 0) is 62.0 Å². The molecule has 0 radical (unpaired) electrons. The average Bonchev–Trinajstić information content (AvgIpc) is 3.38. The molecule has 1 aromatic rings. The summed E-state index contributed by atoms with van der Waals surface area (Å²) in [7, 11) is 1.33. The van der Waals surface area contributed by atoms with E-state index in [2.05, 4.69) is 78.8 Å². The summed E-state index contributed by atoms with van der Waals surface area (Å²) in [5.74, 6) is -1.86. The summed E-state index contributed by atoms with van der Waals surface area (Å²) in [6, 6.07) is 8.87. The average molecular weight is 1020 g/mol. The molecule has 0 saturated heterocycles. The van der Waals surface area contributed by atoms with Crippen LogP contribution in [0.1, 0.15) is 164 Å². The standard InChI is InChI=1S/C15H28O2.C11H20O2.C9H8O2.C7H12O2.C6H10O2.2C5H8O2/c1-3-5-6-7-8-9-10-11-12-13-14-17-15(16)4-2;1-3-5-6-7-8-9-10-13-11(12)4-2;1-2-9(10)11-8-6-4-3-5-7-8;1-3-5-6-9-7(8)4-2;1-4-8-6(7)5(2)3;1-4(2)5(6)7-3;1-3-5(6)7-4-2/h4H,2-3,5-14H2,1H3;4H,2-3,5-10H2,1H3;2-7H,1H2;4H,2-3,5-6H2,1H3;2,4H2,1,3H3;1H2,2-3H3;3H,1,4H2,2H3. The predicted octanol–water partition coefficient (Wildman–Crippen LogP) is 13.6. The Labute approximate surface area is 435 Å². The Morgan fingerprint density at radius 1 is 0.403 bits per heavy atom. The molecule has 0 heterocycles. The van der Waals surface area contributed by atoms with Gasteiger partial charge in [-0.25, -0.2) is 33.6 Å². The van der Waals surface area contributed by atoms with Gasteiger partial charge < -0.3 is 33.2 Å². The van der Waals surface area contributed by atoms with Gasteiger partial charge in [0.15, 0.2) is 0 Å². The Morgan fingerprint density at radius 2 is 0.708 bits per heavy atom. The van der Waals surface area contributed by atoms with Crippen molar-refractivity contribution in [2.75, 3.05) is 40.1 Å². The third kappa shape index (κ3) is 72.7. The Balaban J connectivity index is -0.000000181. The molecular weight excluding hydrogens is 921 g/mol. The molecule has 410 valence electrons. The number of esters is 7. The lowest BCUT2D eigenvalue weighted by atomic mass is 10.1. The van der Waals surface area contributed by atoms with Gasteiger partial charge in [0, 0.05) is 41.5 Å². The molecule has 0 saturated carbocycles. The van der Waals surface area contributed by atoms with Gasteiger partial charge in [0.25, 0.3) is 0 Å². The van der Waals surface area contributed by atoms with Gasteiger partial charge in [-0.3, -0.25) is 0 Å². The highest BCUT2D eigenvalue weighted by Crippen LogP contribution is 2.11. The zero-order valence-corrected chi connectivity index (χ0v) is 45.7. The zero-order chi connectivity index (χ0) is 56.1. The van der Waals surface area contributed by atoms with Crippen LogP contribution >= 0.6 is 0 Å². The molecule has 0 unspecified atom stereocenters. The highest BCUT2D eigenvalue weighted by molar-refractivity contribution is 5.87. The highest BCUT2D eigenvalue weighted by Gasteiger charge is 2.00. The number of hydrogen-bond donors (Lipinski definition) is 0. The molecule has 0 aliphatic heterocycles. The number of carbonyl (C=O) groups is 7. The first-order valence-corrected chi connectivity index (χ1v) is 25.1. The molecule has 14 nitrogen and oxygen atoms in total. The third-order valence-corrected chi connectivity index (χ3v) is 8.47. The van der Waals surface area contributed by atoms with Gasteiger partial charge in [-0.1, -0.05) is 181 Å². The molecule has 0 aliphatic rings. The maximum absolute atomic E-state index is 10.7. The lowest BCUT2D eigenvalue weighted by molar-refractivity contribution is -0.139. The van der Waals surface area contributed by atoms with Crippen molar-refractivity contribution in [1.29, 1.82) is 0 Å². The summed E-state index contributed by atoms with van der Waals surface area (Å²) >= 11 is 0. The summed E-state index contributed by atoms with van der Waals surface area (Å²) in [6.45, 7) is 38.9. The number of methoxy groups -OCH3 is 1. The number of carbonyl (C=O) groups excluding carboxylic acids is 7. The predicted molar refractivity (Wildman–Crippen MR) is 291 cm³/mol. The SMILES string of the molecule is C=C(C)C(=O)OC.C=C(C)C(=O)OCC.C=CC(=O)OCC.C=CC(=O)OCCCC.C=CC(=O)OCCCCCCCC.C=CC(=O)OCCCCCCCCCCCC.C=CC(=O)Oc1ccccc1. The normalized spacial score (nSPS) is 8.94. The second-order valence-corrected chi connectivity index (χ2v) is 15.1. The van der Waals surface area contributed by atoms with Crippen LogP contribution in [-0.4, -0.2) is 81.9 Å². The summed E-state index contributed by atoms with van der Waals surface area (Å²) < 4.78 is 32.5. The van der Waals surface area contributed by atoms with E-state index in [9.17, 15) is 33.6 Å². The van der Waals surface area contributed by atoms with Crippen LogP contribution in [0.25, 0.3) is 0 Å².